The van der Waals surface area contributed by atoms with Crippen LogP contribution < -0.4 is 20.3 Å². The van der Waals surface area contributed by atoms with Gasteiger partial charge in [0.25, 0.3) is 0 Å². The molecular formula is C33H54N6O3S. The Morgan fingerprint density at radius 2 is 1.74 bits per heavy atom. The van der Waals surface area contributed by atoms with E-state index in [9.17, 15) is 8.42 Å². The Kier molecular flexibility index (Phi) is 9.37. The highest BCUT2D eigenvalue weighted by Crippen LogP contribution is 2.35. The molecule has 5 rings (SSSR count). The Morgan fingerprint density at radius 3 is 2.40 bits per heavy atom. The zero-order chi connectivity index (χ0) is 31.2. The maximum atomic E-state index is 13.8. The Balaban J connectivity index is 1.54. The molecule has 0 radical (unpaired) electrons. The van der Waals surface area contributed by atoms with Crippen LogP contribution in [0.5, 0.6) is 0 Å². The van der Waals surface area contributed by atoms with Crippen LogP contribution in [0.3, 0.4) is 0 Å². The summed E-state index contributed by atoms with van der Waals surface area (Å²) in [5, 5.41) is 11.4. The maximum Gasteiger partial charge on any atom is 0.216 e. The Morgan fingerprint density at radius 1 is 1.02 bits per heavy atom. The summed E-state index contributed by atoms with van der Waals surface area (Å²) in [6, 6.07) is 6.39. The van der Waals surface area contributed by atoms with Gasteiger partial charge in [-0.1, -0.05) is 45.4 Å². The van der Waals surface area contributed by atoms with Crippen molar-refractivity contribution in [3.05, 3.63) is 47.3 Å². The summed E-state index contributed by atoms with van der Waals surface area (Å²) in [4.78, 5) is 2.48. The molecule has 3 fully saturated rings. The second kappa shape index (κ2) is 12.4. The summed E-state index contributed by atoms with van der Waals surface area (Å²) in [6.07, 6.45) is 8.10. The lowest BCUT2D eigenvalue weighted by Gasteiger charge is -2.41. The Labute approximate surface area is 259 Å². The minimum absolute atomic E-state index is 0.0495. The molecule has 0 amide bonds. The van der Waals surface area contributed by atoms with Gasteiger partial charge in [0.15, 0.2) is 0 Å². The minimum Gasteiger partial charge on any atom is -0.363 e. The average molecular weight is 615 g/mol. The summed E-state index contributed by atoms with van der Waals surface area (Å²) < 4.78 is 39.5. The second-order valence-corrected chi connectivity index (χ2v) is 17.4. The minimum atomic E-state index is -3.58. The van der Waals surface area contributed by atoms with Crippen LogP contribution in [0.25, 0.3) is 0 Å². The van der Waals surface area contributed by atoms with Gasteiger partial charge < -0.3 is 9.64 Å². The fraction of sp³-hybridized carbons (Fsp3) is 0.727. The highest BCUT2D eigenvalue weighted by Gasteiger charge is 2.39. The summed E-state index contributed by atoms with van der Waals surface area (Å²) in [5.41, 5.74) is 4.62. The van der Waals surface area contributed by atoms with Gasteiger partial charge in [-0.05, 0) is 88.3 Å². The van der Waals surface area contributed by atoms with E-state index < -0.39 is 21.6 Å². The first-order valence-electron chi connectivity index (χ1n) is 16.1. The van der Waals surface area contributed by atoms with Gasteiger partial charge >= 0.3 is 0 Å². The van der Waals surface area contributed by atoms with Crippen molar-refractivity contribution in [3.63, 3.8) is 0 Å². The van der Waals surface area contributed by atoms with Crippen molar-refractivity contribution in [1.29, 1.82) is 0 Å². The van der Waals surface area contributed by atoms with E-state index in [1.165, 1.54) is 16.7 Å². The molecule has 1 saturated carbocycles. The van der Waals surface area contributed by atoms with Gasteiger partial charge in [-0.25, -0.2) is 8.42 Å². The molecule has 2 saturated heterocycles. The summed E-state index contributed by atoms with van der Waals surface area (Å²) in [6.45, 7) is 18.9. The van der Waals surface area contributed by atoms with Crippen LogP contribution in [0.1, 0.15) is 103 Å². The van der Waals surface area contributed by atoms with Crippen molar-refractivity contribution in [2.75, 3.05) is 18.1 Å². The SMILES string of the molecule is Cc1cccc(C)c1C1CC2NC(N1)NS(=O)(=O)C1CCCC(C1)CN(c1cnn(C(C)(C)C)c1)[C@H](CC(C)(C)C)CO2. The summed E-state index contributed by atoms with van der Waals surface area (Å²) in [7, 11) is -3.58. The monoisotopic (exact) mass is 614 g/mol. The number of aryl methyl sites for hydroxylation is 2. The molecule has 6 atom stereocenters. The Hall–Kier alpha value is -1.98. The van der Waals surface area contributed by atoms with Crippen LogP contribution in [-0.2, 0) is 20.3 Å². The number of rotatable bonds is 3. The van der Waals surface area contributed by atoms with Crippen molar-refractivity contribution in [2.45, 2.75) is 129 Å². The molecule has 43 heavy (non-hydrogen) atoms. The van der Waals surface area contributed by atoms with E-state index in [1.807, 2.05) is 10.9 Å². The van der Waals surface area contributed by atoms with Crippen LogP contribution in [-0.4, -0.2) is 55.2 Å². The highest BCUT2D eigenvalue weighted by molar-refractivity contribution is 7.90. The van der Waals surface area contributed by atoms with E-state index in [1.54, 1.807) is 0 Å². The average Bonchev–Trinajstić information content (AvgIpc) is 3.39. The lowest BCUT2D eigenvalue weighted by molar-refractivity contribution is -0.0260. The molecule has 9 nitrogen and oxygen atoms in total. The van der Waals surface area contributed by atoms with Crippen molar-refractivity contribution in [3.8, 4) is 0 Å². The number of fused-ring (bicyclic) bond motifs is 4. The first-order chi connectivity index (χ1) is 20.1. The van der Waals surface area contributed by atoms with Crippen molar-refractivity contribution in [2.24, 2.45) is 11.3 Å². The molecule has 240 valence electrons. The molecule has 3 N–H and O–H groups in total. The van der Waals surface area contributed by atoms with Crippen molar-refractivity contribution < 1.29 is 13.2 Å². The maximum absolute atomic E-state index is 13.8. The van der Waals surface area contributed by atoms with Crippen molar-refractivity contribution in [1.82, 2.24) is 25.1 Å². The molecule has 5 unspecified atom stereocenters. The Bertz CT molecular complexity index is 1340. The number of benzene rings is 1. The van der Waals surface area contributed by atoms with E-state index in [-0.39, 0.29) is 35.2 Å². The second-order valence-electron chi connectivity index (χ2n) is 15.4. The van der Waals surface area contributed by atoms with Crippen LogP contribution in [0.2, 0.25) is 0 Å². The molecule has 2 aromatic rings. The molecule has 1 aromatic heterocycles. The van der Waals surface area contributed by atoms with E-state index in [0.29, 0.717) is 25.9 Å². The molecule has 1 aliphatic carbocycles. The number of sulfonamides is 1. The molecule has 4 bridgehead atoms. The van der Waals surface area contributed by atoms with Crippen molar-refractivity contribution >= 4 is 15.7 Å². The summed E-state index contributed by atoms with van der Waals surface area (Å²) in [5.74, 6) is 0.263. The van der Waals surface area contributed by atoms with Gasteiger partial charge in [0, 0.05) is 25.2 Å². The van der Waals surface area contributed by atoms with Gasteiger partial charge in [0.1, 0.15) is 12.5 Å². The first kappa shape index (κ1) is 32.4. The zero-order valence-corrected chi connectivity index (χ0v) is 28.3. The van der Waals surface area contributed by atoms with E-state index >= 15 is 0 Å². The molecule has 3 aliphatic rings. The smallest absolute Gasteiger partial charge is 0.216 e. The van der Waals surface area contributed by atoms with Gasteiger partial charge in [0.05, 0.1) is 35.3 Å². The first-order valence-corrected chi connectivity index (χ1v) is 17.7. The van der Waals surface area contributed by atoms with Gasteiger partial charge in [-0.2, -0.15) is 9.82 Å². The van der Waals surface area contributed by atoms with Crippen LogP contribution in [0, 0.1) is 25.2 Å². The number of aromatic nitrogens is 2. The van der Waals surface area contributed by atoms with E-state index in [4.69, 9.17) is 9.84 Å². The summed E-state index contributed by atoms with van der Waals surface area (Å²) >= 11 is 0. The number of nitrogens with one attached hydrogen (secondary N) is 3. The molecule has 3 heterocycles. The normalized spacial score (nSPS) is 30.7. The lowest BCUT2D eigenvalue weighted by atomic mass is 9.85. The number of anilines is 1. The zero-order valence-electron chi connectivity index (χ0n) is 27.5. The third-order valence-electron chi connectivity index (χ3n) is 9.34. The molecule has 0 spiro atoms. The lowest BCUT2D eigenvalue weighted by Crippen LogP contribution is -2.64. The van der Waals surface area contributed by atoms with E-state index in [0.717, 1.165) is 31.5 Å². The van der Waals surface area contributed by atoms with Gasteiger partial charge in [-0.15, -0.1) is 0 Å². The van der Waals surface area contributed by atoms with Crippen LogP contribution in [0.4, 0.5) is 5.69 Å². The predicted molar refractivity (Wildman–Crippen MR) is 173 cm³/mol. The molecule has 1 aromatic carbocycles. The van der Waals surface area contributed by atoms with Crippen LogP contribution >= 0.6 is 0 Å². The number of ether oxygens (including phenoxy) is 1. The number of hydrogen-bond acceptors (Lipinski definition) is 7. The molecule has 10 heteroatoms. The highest BCUT2D eigenvalue weighted by atomic mass is 32.2. The van der Waals surface area contributed by atoms with Gasteiger partial charge in [-0.3, -0.25) is 15.3 Å². The third-order valence-corrected chi connectivity index (χ3v) is 11.2. The quantitative estimate of drug-likeness (QED) is 0.431. The van der Waals surface area contributed by atoms with Gasteiger partial charge in [0.2, 0.25) is 10.0 Å². The fourth-order valence-corrected chi connectivity index (χ4v) is 8.92. The number of nitrogens with zero attached hydrogens (tertiary/aromatic N) is 3. The largest absolute Gasteiger partial charge is 0.363 e. The number of hydrogen-bond donors (Lipinski definition) is 3. The fourth-order valence-electron chi connectivity index (χ4n) is 7.26. The molecular weight excluding hydrogens is 560 g/mol. The topological polar surface area (TPSA) is 101 Å². The third kappa shape index (κ3) is 7.82. The predicted octanol–water partition coefficient (Wildman–Crippen LogP) is 5.31. The van der Waals surface area contributed by atoms with E-state index in [2.05, 4.69) is 100 Å². The molecule has 2 aliphatic heterocycles. The standard InChI is InChI=1S/C33H54N6O3S/c1-22-11-9-12-23(2)30(22)28-16-29-36-31(35-28)37-43(40,41)27-14-10-13-24(15-27)19-38(25(21-42-29)17-32(3,4)5)26-18-34-39(20-26)33(6,7)8/h9,11-12,18,20,24-25,27-29,31,35-37H,10,13-17,19,21H2,1-8H3/t24?,25-,27?,28?,29?,31?/m1/s1. The van der Waals surface area contributed by atoms with Crippen LogP contribution in [0.15, 0.2) is 30.6 Å².